The van der Waals surface area contributed by atoms with Crippen molar-refractivity contribution < 1.29 is 9.63 Å². The number of rotatable bonds is 12. The number of amides is 1. The minimum absolute atomic E-state index is 0.0164. The summed E-state index contributed by atoms with van der Waals surface area (Å²) in [5, 5.41) is 5.13. The zero-order valence-corrected chi connectivity index (χ0v) is 17.5. The van der Waals surface area contributed by atoms with Gasteiger partial charge in [-0.25, -0.2) is 5.06 Å². The Morgan fingerprint density at radius 2 is 1.33 bits per heavy atom. The van der Waals surface area contributed by atoms with Crippen molar-refractivity contribution in [2.24, 2.45) is 0 Å². The molecule has 1 atom stereocenters. The molecule has 4 nitrogen and oxygen atoms in total. The van der Waals surface area contributed by atoms with Gasteiger partial charge in [-0.15, -0.1) is 0 Å². The van der Waals surface area contributed by atoms with Gasteiger partial charge in [-0.3, -0.25) is 9.63 Å². The molecule has 0 unspecified atom stereocenters. The molecular formula is C26H30N2O2. The van der Waals surface area contributed by atoms with Crippen LogP contribution in [-0.2, 0) is 9.63 Å². The second kappa shape index (κ2) is 11.9. The van der Waals surface area contributed by atoms with E-state index in [4.69, 9.17) is 4.84 Å². The molecule has 0 aromatic heterocycles. The number of hydroxylamine groups is 2. The van der Waals surface area contributed by atoms with Crippen molar-refractivity contribution >= 4 is 6.41 Å². The third-order valence-corrected chi connectivity index (χ3v) is 5.11. The van der Waals surface area contributed by atoms with E-state index in [1.165, 1.54) is 16.2 Å². The van der Waals surface area contributed by atoms with Crippen LogP contribution in [0.15, 0.2) is 91.0 Å². The van der Waals surface area contributed by atoms with Crippen LogP contribution in [0.3, 0.4) is 0 Å². The van der Waals surface area contributed by atoms with E-state index in [9.17, 15) is 4.79 Å². The zero-order chi connectivity index (χ0) is 21.0. The molecule has 0 fully saturated rings. The lowest BCUT2D eigenvalue weighted by Gasteiger charge is -2.30. The lowest BCUT2D eigenvalue weighted by Crippen LogP contribution is -2.37. The Bertz CT molecular complexity index is 816. The van der Waals surface area contributed by atoms with E-state index in [2.05, 4.69) is 36.5 Å². The van der Waals surface area contributed by atoms with Gasteiger partial charge < -0.3 is 5.32 Å². The van der Waals surface area contributed by atoms with Gasteiger partial charge in [0, 0.05) is 6.54 Å². The molecule has 0 radical (unpaired) electrons. The van der Waals surface area contributed by atoms with Crippen molar-refractivity contribution in [2.45, 2.75) is 31.8 Å². The van der Waals surface area contributed by atoms with Crippen molar-refractivity contribution in [2.75, 3.05) is 13.2 Å². The van der Waals surface area contributed by atoms with Gasteiger partial charge in [0.15, 0.2) is 0 Å². The summed E-state index contributed by atoms with van der Waals surface area (Å²) in [4.78, 5) is 17.7. The summed E-state index contributed by atoms with van der Waals surface area (Å²) in [5.41, 5.74) is 3.40. The topological polar surface area (TPSA) is 41.6 Å². The lowest BCUT2D eigenvalue weighted by molar-refractivity contribution is -0.188. The molecule has 1 N–H and O–H groups in total. The highest BCUT2D eigenvalue weighted by molar-refractivity contribution is 5.47. The van der Waals surface area contributed by atoms with E-state index < -0.39 is 0 Å². The Kier molecular flexibility index (Phi) is 8.63. The highest BCUT2D eigenvalue weighted by atomic mass is 16.7. The van der Waals surface area contributed by atoms with Crippen LogP contribution in [0.1, 0.15) is 48.5 Å². The van der Waals surface area contributed by atoms with Crippen LogP contribution in [0.5, 0.6) is 0 Å². The number of carbonyl (C=O) groups excluding carboxylic acids is 1. The summed E-state index contributed by atoms with van der Waals surface area (Å²) in [6, 6.07) is 30.5. The summed E-state index contributed by atoms with van der Waals surface area (Å²) in [6.07, 6.45) is 2.72. The molecular weight excluding hydrogens is 372 g/mol. The van der Waals surface area contributed by atoms with Crippen molar-refractivity contribution in [3.8, 4) is 0 Å². The van der Waals surface area contributed by atoms with Gasteiger partial charge in [-0.05, 0) is 23.1 Å². The number of hydrogen-bond acceptors (Lipinski definition) is 3. The summed E-state index contributed by atoms with van der Waals surface area (Å²) < 4.78 is 0. The molecule has 0 spiro atoms. The smallest absolute Gasteiger partial charge is 0.233 e. The van der Waals surface area contributed by atoms with E-state index >= 15 is 0 Å². The third kappa shape index (κ3) is 6.02. The Labute approximate surface area is 179 Å². The first-order valence-electron chi connectivity index (χ1n) is 10.6. The van der Waals surface area contributed by atoms with Crippen LogP contribution in [0.25, 0.3) is 0 Å². The Morgan fingerprint density at radius 3 is 1.80 bits per heavy atom. The number of benzene rings is 3. The van der Waals surface area contributed by atoms with Gasteiger partial charge in [0.1, 0.15) is 0 Å². The van der Waals surface area contributed by atoms with Crippen molar-refractivity contribution in [3.63, 3.8) is 0 Å². The highest BCUT2D eigenvalue weighted by Gasteiger charge is 2.23. The summed E-state index contributed by atoms with van der Waals surface area (Å²) in [6.45, 7) is 3.19. The molecule has 3 aromatic carbocycles. The fourth-order valence-electron chi connectivity index (χ4n) is 3.49. The van der Waals surface area contributed by atoms with Gasteiger partial charge >= 0.3 is 0 Å². The Morgan fingerprint density at radius 1 is 0.833 bits per heavy atom. The summed E-state index contributed by atoms with van der Waals surface area (Å²) >= 11 is 0. The van der Waals surface area contributed by atoms with Gasteiger partial charge in [0.25, 0.3) is 0 Å². The standard InChI is InChI=1S/C26H30N2O2/c1-2-3-19-30-28(21-29)25(22-13-7-4-8-14-22)20-27-26(23-15-9-5-10-16-23)24-17-11-6-12-18-24/h4-18,21,25-27H,2-3,19-20H2,1H3/t25-/m0/s1. The summed E-state index contributed by atoms with van der Waals surface area (Å²) in [7, 11) is 0. The quantitative estimate of drug-likeness (QED) is 0.254. The van der Waals surface area contributed by atoms with Crippen molar-refractivity contribution in [1.29, 1.82) is 0 Å². The molecule has 3 aromatic rings. The maximum Gasteiger partial charge on any atom is 0.233 e. The number of carbonyl (C=O) groups is 1. The van der Waals surface area contributed by atoms with Crippen molar-refractivity contribution in [3.05, 3.63) is 108 Å². The molecule has 3 rings (SSSR count). The predicted molar refractivity (Wildman–Crippen MR) is 121 cm³/mol. The van der Waals surface area contributed by atoms with Crippen LogP contribution in [0.4, 0.5) is 0 Å². The minimum atomic E-state index is -0.226. The second-order valence-corrected chi connectivity index (χ2v) is 7.24. The SMILES string of the molecule is CCCCON(C=O)[C@@H](CNC(c1ccccc1)c1ccccc1)c1ccccc1. The molecule has 30 heavy (non-hydrogen) atoms. The molecule has 0 aliphatic rings. The second-order valence-electron chi connectivity index (χ2n) is 7.24. The van der Waals surface area contributed by atoms with E-state index in [0.29, 0.717) is 13.2 Å². The zero-order valence-electron chi connectivity index (χ0n) is 17.5. The van der Waals surface area contributed by atoms with Gasteiger partial charge in [-0.2, -0.15) is 0 Å². The lowest BCUT2D eigenvalue weighted by atomic mass is 9.98. The van der Waals surface area contributed by atoms with Crippen LogP contribution < -0.4 is 5.32 Å². The van der Waals surface area contributed by atoms with Crippen LogP contribution in [0.2, 0.25) is 0 Å². The maximum atomic E-state index is 11.9. The Balaban J connectivity index is 1.84. The van der Waals surface area contributed by atoms with Crippen molar-refractivity contribution in [1.82, 2.24) is 10.4 Å². The molecule has 0 saturated carbocycles. The number of nitrogens with zero attached hydrogens (tertiary/aromatic N) is 1. The molecule has 0 aliphatic carbocycles. The molecule has 1 amide bonds. The van der Waals surface area contributed by atoms with E-state index in [1.54, 1.807) is 0 Å². The fourth-order valence-corrected chi connectivity index (χ4v) is 3.49. The first-order chi connectivity index (χ1) is 14.8. The maximum absolute atomic E-state index is 11.9. The molecule has 156 valence electrons. The largest absolute Gasteiger partial charge is 0.304 e. The monoisotopic (exact) mass is 402 g/mol. The predicted octanol–water partition coefficient (Wildman–Crippen LogP) is 5.30. The first-order valence-corrected chi connectivity index (χ1v) is 10.6. The number of unbranched alkanes of at least 4 members (excludes halogenated alkanes) is 1. The normalized spacial score (nSPS) is 11.9. The molecule has 0 heterocycles. The van der Waals surface area contributed by atoms with Gasteiger partial charge in [0.2, 0.25) is 6.41 Å². The van der Waals surface area contributed by atoms with Crippen LogP contribution in [-0.4, -0.2) is 24.6 Å². The third-order valence-electron chi connectivity index (χ3n) is 5.11. The van der Waals surface area contributed by atoms with Gasteiger partial charge in [0.05, 0.1) is 18.7 Å². The number of nitrogens with one attached hydrogen (secondary N) is 1. The minimum Gasteiger partial charge on any atom is -0.304 e. The molecule has 0 aliphatic heterocycles. The Hall–Kier alpha value is -2.95. The van der Waals surface area contributed by atoms with E-state index in [0.717, 1.165) is 24.8 Å². The highest BCUT2D eigenvalue weighted by Crippen LogP contribution is 2.25. The number of hydrogen-bond donors (Lipinski definition) is 1. The first kappa shape index (κ1) is 21.8. The molecule has 0 saturated heterocycles. The van der Waals surface area contributed by atoms with Crippen LogP contribution >= 0.6 is 0 Å². The van der Waals surface area contributed by atoms with E-state index in [-0.39, 0.29) is 12.1 Å². The molecule has 0 bridgehead atoms. The summed E-state index contributed by atoms with van der Waals surface area (Å²) in [5.74, 6) is 0. The van der Waals surface area contributed by atoms with Gasteiger partial charge in [-0.1, -0.05) is 104 Å². The molecule has 4 heteroatoms. The fraction of sp³-hybridized carbons (Fsp3) is 0.269. The average Bonchev–Trinajstić information content (AvgIpc) is 2.82. The van der Waals surface area contributed by atoms with Crippen LogP contribution in [0, 0.1) is 0 Å². The van der Waals surface area contributed by atoms with E-state index in [1.807, 2.05) is 66.7 Å². The average molecular weight is 403 g/mol.